The van der Waals surface area contributed by atoms with Crippen LogP contribution in [-0.2, 0) is 32.5 Å². The molecule has 1 fully saturated rings. The Morgan fingerprint density at radius 2 is 1.52 bits per heavy atom. The van der Waals surface area contributed by atoms with Crippen LogP contribution >= 0.6 is 0 Å². The monoisotopic (exact) mass is 441 g/mol. The summed E-state index contributed by atoms with van der Waals surface area (Å²) < 4.78 is 27.6. The van der Waals surface area contributed by atoms with Gasteiger partial charge in [0.25, 0.3) is 0 Å². The third-order valence-corrected chi connectivity index (χ3v) is 7.90. The first kappa shape index (κ1) is 21.5. The number of hydrogen-bond donors (Lipinski definition) is 2. The molecule has 4 rings (SSSR count). The normalized spacial score (nSPS) is 17.2. The number of aryl methyl sites for hydroxylation is 2. The van der Waals surface area contributed by atoms with Gasteiger partial charge in [-0.1, -0.05) is 6.07 Å². The minimum absolute atomic E-state index is 0.109. The van der Waals surface area contributed by atoms with Gasteiger partial charge in [-0.05, 0) is 79.6 Å². The minimum atomic E-state index is -3.54. The SMILES string of the molecule is CC(=O)Nc1ccc(NC(=O)C2CCN(S(=O)(=O)c3ccc4c(c3)CCC4)CC2)cc1. The molecule has 0 unspecified atom stereocenters. The van der Waals surface area contributed by atoms with E-state index in [2.05, 4.69) is 10.6 Å². The van der Waals surface area contributed by atoms with Gasteiger partial charge in [0.2, 0.25) is 21.8 Å². The van der Waals surface area contributed by atoms with E-state index < -0.39 is 10.0 Å². The molecule has 164 valence electrons. The molecule has 0 saturated carbocycles. The highest BCUT2D eigenvalue weighted by Gasteiger charge is 2.32. The number of anilines is 2. The summed E-state index contributed by atoms with van der Waals surface area (Å²) in [5.74, 6) is -0.498. The summed E-state index contributed by atoms with van der Waals surface area (Å²) in [6.07, 6.45) is 4.01. The van der Waals surface area contributed by atoms with Crippen LogP contribution in [0.1, 0.15) is 37.3 Å². The van der Waals surface area contributed by atoms with Crippen molar-refractivity contribution in [2.24, 2.45) is 5.92 Å². The predicted molar refractivity (Wildman–Crippen MR) is 119 cm³/mol. The van der Waals surface area contributed by atoms with E-state index in [0.717, 1.165) is 24.8 Å². The fourth-order valence-corrected chi connectivity index (χ4v) is 5.82. The Balaban J connectivity index is 1.34. The average molecular weight is 442 g/mol. The Bertz CT molecular complexity index is 1090. The Kier molecular flexibility index (Phi) is 6.11. The Morgan fingerprint density at radius 3 is 2.16 bits per heavy atom. The van der Waals surface area contributed by atoms with Gasteiger partial charge in [-0.25, -0.2) is 8.42 Å². The summed E-state index contributed by atoms with van der Waals surface area (Å²) in [7, 11) is -3.54. The molecule has 0 bridgehead atoms. The molecule has 2 aliphatic rings. The zero-order valence-corrected chi connectivity index (χ0v) is 18.4. The van der Waals surface area contributed by atoms with E-state index in [4.69, 9.17) is 0 Å². The van der Waals surface area contributed by atoms with Gasteiger partial charge in [0.15, 0.2) is 0 Å². The zero-order chi connectivity index (χ0) is 22.0. The van der Waals surface area contributed by atoms with Crippen molar-refractivity contribution in [3.05, 3.63) is 53.6 Å². The number of nitrogens with zero attached hydrogens (tertiary/aromatic N) is 1. The van der Waals surface area contributed by atoms with Crippen LogP contribution < -0.4 is 10.6 Å². The van der Waals surface area contributed by atoms with Gasteiger partial charge in [-0.3, -0.25) is 9.59 Å². The maximum atomic E-state index is 13.1. The fraction of sp³-hybridized carbons (Fsp3) is 0.391. The van der Waals surface area contributed by atoms with Crippen LogP contribution in [0.2, 0.25) is 0 Å². The number of carbonyl (C=O) groups is 2. The summed E-state index contributed by atoms with van der Waals surface area (Å²) in [4.78, 5) is 24.1. The highest BCUT2D eigenvalue weighted by atomic mass is 32.2. The maximum Gasteiger partial charge on any atom is 0.243 e. The second-order valence-corrected chi connectivity index (χ2v) is 10.1. The summed E-state index contributed by atoms with van der Waals surface area (Å²) in [5.41, 5.74) is 3.70. The maximum absolute atomic E-state index is 13.1. The van der Waals surface area contributed by atoms with E-state index in [1.807, 2.05) is 12.1 Å². The van der Waals surface area contributed by atoms with Crippen molar-refractivity contribution in [2.45, 2.75) is 43.9 Å². The van der Waals surface area contributed by atoms with Gasteiger partial charge >= 0.3 is 0 Å². The molecule has 8 heteroatoms. The largest absolute Gasteiger partial charge is 0.326 e. The van der Waals surface area contributed by atoms with E-state index in [9.17, 15) is 18.0 Å². The number of carbonyl (C=O) groups excluding carboxylic acids is 2. The summed E-state index contributed by atoms with van der Waals surface area (Å²) in [5, 5.41) is 5.57. The average Bonchev–Trinajstić information content (AvgIpc) is 3.23. The van der Waals surface area contributed by atoms with E-state index in [0.29, 0.717) is 42.2 Å². The van der Waals surface area contributed by atoms with E-state index in [-0.39, 0.29) is 17.7 Å². The lowest BCUT2D eigenvalue weighted by atomic mass is 9.97. The molecule has 1 aliphatic heterocycles. The van der Waals surface area contributed by atoms with Crippen molar-refractivity contribution in [3.63, 3.8) is 0 Å². The fourth-order valence-electron chi connectivity index (χ4n) is 4.30. The Morgan fingerprint density at radius 1 is 0.903 bits per heavy atom. The zero-order valence-electron chi connectivity index (χ0n) is 17.6. The van der Waals surface area contributed by atoms with Crippen LogP contribution in [0.5, 0.6) is 0 Å². The first-order valence-corrected chi connectivity index (χ1v) is 12.1. The number of amides is 2. The van der Waals surface area contributed by atoms with Crippen molar-refractivity contribution in [3.8, 4) is 0 Å². The van der Waals surface area contributed by atoms with Crippen LogP contribution in [0.4, 0.5) is 11.4 Å². The molecule has 0 atom stereocenters. The Labute approximate surface area is 182 Å². The predicted octanol–water partition coefficient (Wildman–Crippen LogP) is 3.17. The summed E-state index contributed by atoms with van der Waals surface area (Å²) in [6, 6.07) is 12.4. The molecule has 2 aromatic carbocycles. The van der Waals surface area contributed by atoms with Gasteiger partial charge < -0.3 is 10.6 Å². The molecule has 1 heterocycles. The molecule has 1 aliphatic carbocycles. The lowest BCUT2D eigenvalue weighted by Crippen LogP contribution is -2.41. The number of benzene rings is 2. The quantitative estimate of drug-likeness (QED) is 0.745. The molecule has 0 aromatic heterocycles. The number of piperidine rings is 1. The van der Waals surface area contributed by atoms with Gasteiger partial charge in [0.05, 0.1) is 4.90 Å². The number of nitrogens with one attached hydrogen (secondary N) is 2. The standard InChI is InChI=1S/C23H27N3O4S/c1-16(27)24-20-6-8-21(9-7-20)25-23(28)18-11-13-26(14-12-18)31(29,30)22-10-5-17-3-2-4-19(17)15-22/h5-10,15,18H,2-4,11-14H2,1H3,(H,24,27)(H,25,28). The third-order valence-electron chi connectivity index (χ3n) is 6.01. The van der Waals surface area contributed by atoms with Crippen molar-refractivity contribution < 1.29 is 18.0 Å². The second kappa shape index (κ2) is 8.80. The smallest absolute Gasteiger partial charge is 0.243 e. The topological polar surface area (TPSA) is 95.6 Å². The van der Waals surface area contributed by atoms with Crippen LogP contribution in [0.15, 0.2) is 47.4 Å². The van der Waals surface area contributed by atoms with E-state index >= 15 is 0 Å². The molecular weight excluding hydrogens is 414 g/mol. The number of sulfonamides is 1. The summed E-state index contributed by atoms with van der Waals surface area (Å²) in [6.45, 7) is 2.10. The van der Waals surface area contributed by atoms with Crippen molar-refractivity contribution in [1.82, 2.24) is 4.31 Å². The first-order chi connectivity index (χ1) is 14.8. The number of hydrogen-bond acceptors (Lipinski definition) is 4. The highest BCUT2D eigenvalue weighted by molar-refractivity contribution is 7.89. The lowest BCUT2D eigenvalue weighted by Gasteiger charge is -2.30. The lowest BCUT2D eigenvalue weighted by molar-refractivity contribution is -0.121. The molecule has 2 aromatic rings. The van der Waals surface area contributed by atoms with Crippen molar-refractivity contribution in [1.29, 1.82) is 0 Å². The molecule has 2 N–H and O–H groups in total. The third kappa shape index (κ3) is 4.80. The highest BCUT2D eigenvalue weighted by Crippen LogP contribution is 2.29. The Hall–Kier alpha value is -2.71. The van der Waals surface area contributed by atoms with Crippen LogP contribution in [0.25, 0.3) is 0 Å². The van der Waals surface area contributed by atoms with Crippen LogP contribution in [0.3, 0.4) is 0 Å². The number of fused-ring (bicyclic) bond motifs is 1. The van der Waals surface area contributed by atoms with Gasteiger partial charge in [0, 0.05) is 37.3 Å². The molecule has 7 nitrogen and oxygen atoms in total. The van der Waals surface area contributed by atoms with Crippen LogP contribution in [-0.4, -0.2) is 37.6 Å². The van der Waals surface area contributed by atoms with E-state index in [1.54, 1.807) is 30.3 Å². The molecule has 0 radical (unpaired) electrons. The van der Waals surface area contributed by atoms with Gasteiger partial charge in [-0.2, -0.15) is 4.31 Å². The molecule has 1 saturated heterocycles. The molecule has 0 spiro atoms. The minimum Gasteiger partial charge on any atom is -0.326 e. The van der Waals surface area contributed by atoms with Gasteiger partial charge in [0.1, 0.15) is 0 Å². The van der Waals surface area contributed by atoms with Crippen molar-refractivity contribution >= 4 is 33.2 Å². The molecule has 2 amide bonds. The molecular formula is C23H27N3O4S. The van der Waals surface area contributed by atoms with Crippen molar-refractivity contribution in [2.75, 3.05) is 23.7 Å². The first-order valence-electron chi connectivity index (χ1n) is 10.6. The van der Waals surface area contributed by atoms with Crippen LogP contribution in [0, 0.1) is 5.92 Å². The van der Waals surface area contributed by atoms with Gasteiger partial charge in [-0.15, -0.1) is 0 Å². The second-order valence-electron chi connectivity index (χ2n) is 8.21. The van der Waals surface area contributed by atoms with E-state index in [1.165, 1.54) is 16.8 Å². The summed E-state index contributed by atoms with van der Waals surface area (Å²) >= 11 is 0. The molecule has 31 heavy (non-hydrogen) atoms. The number of rotatable bonds is 5.